The summed E-state index contributed by atoms with van der Waals surface area (Å²) in [7, 11) is 0. The zero-order valence-corrected chi connectivity index (χ0v) is 10.1. The molecule has 0 saturated heterocycles. The Hall–Kier alpha value is -1.99. The summed E-state index contributed by atoms with van der Waals surface area (Å²) >= 11 is 1.39. The average molecular weight is 265 g/mol. The van der Waals surface area contributed by atoms with Gasteiger partial charge in [0, 0.05) is 11.0 Å². The van der Waals surface area contributed by atoms with Crippen LogP contribution >= 0.6 is 11.8 Å². The van der Waals surface area contributed by atoms with E-state index in [1.54, 1.807) is 18.2 Å². The normalized spacial score (nSPS) is 10.3. The summed E-state index contributed by atoms with van der Waals surface area (Å²) in [4.78, 5) is 11.9. The fraction of sp³-hybridized carbons (Fsp3) is 0.0909. The van der Waals surface area contributed by atoms with Crippen molar-refractivity contribution in [2.75, 3.05) is 0 Å². The van der Waals surface area contributed by atoms with Crippen LogP contribution in [0.5, 0.6) is 5.75 Å². The van der Waals surface area contributed by atoms with Gasteiger partial charge in [-0.25, -0.2) is 5.84 Å². The molecule has 0 atom stereocenters. The molecule has 0 aliphatic rings. The summed E-state index contributed by atoms with van der Waals surface area (Å²) in [6.07, 6.45) is 0. The van der Waals surface area contributed by atoms with Gasteiger partial charge in [0.1, 0.15) is 11.5 Å². The minimum absolute atomic E-state index is 0.130. The molecule has 1 aromatic heterocycles. The minimum atomic E-state index is -0.502. The van der Waals surface area contributed by atoms with Crippen molar-refractivity contribution in [3.8, 4) is 5.75 Å². The van der Waals surface area contributed by atoms with E-state index in [-0.39, 0.29) is 11.4 Å². The maximum atomic E-state index is 11.1. The molecule has 4 N–H and O–H groups in total. The molecule has 0 fully saturated rings. The molecular formula is C11H11N3O3S. The highest BCUT2D eigenvalue weighted by atomic mass is 32.2. The van der Waals surface area contributed by atoms with Crippen molar-refractivity contribution in [2.45, 2.75) is 10.6 Å². The Balaban J connectivity index is 2.01. The molecule has 0 aliphatic heterocycles. The summed E-state index contributed by atoms with van der Waals surface area (Å²) in [6, 6.07) is 8.49. The lowest BCUT2D eigenvalue weighted by atomic mass is 10.3. The molecule has 0 saturated carbocycles. The second kappa shape index (κ2) is 5.56. The number of carbonyl (C=O) groups excluding carboxylic acids is 1. The molecule has 18 heavy (non-hydrogen) atoms. The fourth-order valence-corrected chi connectivity index (χ4v) is 2.11. The van der Waals surface area contributed by atoms with E-state index in [4.69, 9.17) is 10.4 Å². The third-order valence-electron chi connectivity index (χ3n) is 2.16. The highest BCUT2D eigenvalue weighted by Crippen LogP contribution is 2.30. The third-order valence-corrected chi connectivity index (χ3v) is 3.24. The molecule has 0 bridgehead atoms. The van der Waals surface area contributed by atoms with E-state index in [9.17, 15) is 9.90 Å². The lowest BCUT2D eigenvalue weighted by Crippen LogP contribution is -2.30. The van der Waals surface area contributed by atoms with E-state index in [1.165, 1.54) is 17.8 Å². The van der Waals surface area contributed by atoms with Gasteiger partial charge in [-0.2, -0.15) is 0 Å². The number of nitrogens with two attached hydrogens (primary N) is 1. The van der Waals surface area contributed by atoms with Crippen LogP contribution in [0.1, 0.15) is 16.2 Å². The molecule has 7 heteroatoms. The number of carbonyl (C=O) groups is 1. The number of hydrogen-bond acceptors (Lipinski definition) is 6. The molecule has 2 aromatic rings. The number of para-hydroxylation sites is 1. The zero-order valence-electron chi connectivity index (χ0n) is 9.29. The number of amides is 1. The van der Waals surface area contributed by atoms with E-state index in [1.807, 2.05) is 11.5 Å². The number of nitrogen functional groups attached to an aromatic ring is 1. The van der Waals surface area contributed by atoms with Crippen molar-refractivity contribution < 1.29 is 14.4 Å². The van der Waals surface area contributed by atoms with Crippen LogP contribution in [0.3, 0.4) is 0 Å². The maximum absolute atomic E-state index is 11.1. The summed E-state index contributed by atoms with van der Waals surface area (Å²) in [5.74, 6) is 5.68. The number of phenolic OH excluding ortho intramolecular Hbond substituents is 1. The van der Waals surface area contributed by atoms with E-state index in [0.717, 1.165) is 4.90 Å². The van der Waals surface area contributed by atoms with E-state index in [2.05, 4.69) is 5.16 Å². The number of rotatable bonds is 4. The number of thioether (sulfide) groups is 1. The summed E-state index contributed by atoms with van der Waals surface area (Å²) < 4.78 is 4.98. The van der Waals surface area contributed by atoms with Crippen molar-refractivity contribution in [3.05, 3.63) is 41.8 Å². The number of hydrazine groups is 1. The Kier molecular flexibility index (Phi) is 3.85. The van der Waals surface area contributed by atoms with Crippen LogP contribution in [-0.2, 0) is 5.75 Å². The number of hydrogen-bond donors (Lipinski definition) is 3. The summed E-state index contributed by atoms with van der Waals surface area (Å²) in [6.45, 7) is 0. The molecule has 1 amide bonds. The molecule has 1 aromatic carbocycles. The van der Waals surface area contributed by atoms with Gasteiger partial charge in [0.05, 0.1) is 5.75 Å². The SMILES string of the molecule is NNC(=O)c1cc(CSc2ccccc2O)on1. The predicted molar refractivity (Wildman–Crippen MR) is 65.8 cm³/mol. The second-order valence-corrected chi connectivity index (χ2v) is 4.43. The van der Waals surface area contributed by atoms with Crippen LogP contribution in [0.15, 0.2) is 39.8 Å². The molecule has 0 aliphatic carbocycles. The molecule has 6 nitrogen and oxygen atoms in total. The third kappa shape index (κ3) is 2.82. The van der Waals surface area contributed by atoms with Crippen LogP contribution in [0.25, 0.3) is 0 Å². The number of phenols is 1. The molecule has 0 radical (unpaired) electrons. The van der Waals surface area contributed by atoms with E-state index < -0.39 is 5.91 Å². The smallest absolute Gasteiger partial charge is 0.287 e. The van der Waals surface area contributed by atoms with Gasteiger partial charge in [-0.15, -0.1) is 11.8 Å². The number of benzene rings is 1. The van der Waals surface area contributed by atoms with Crippen molar-refractivity contribution in [2.24, 2.45) is 5.84 Å². The molecule has 2 rings (SSSR count). The average Bonchev–Trinajstić information content (AvgIpc) is 2.86. The molecule has 0 unspecified atom stereocenters. The summed E-state index contributed by atoms with van der Waals surface area (Å²) in [5.41, 5.74) is 2.10. The van der Waals surface area contributed by atoms with Gasteiger partial charge in [0.25, 0.3) is 5.91 Å². The topological polar surface area (TPSA) is 101 Å². The number of aromatic hydroxyl groups is 1. The Labute approximate surface area is 107 Å². The molecular weight excluding hydrogens is 254 g/mol. The first-order valence-corrected chi connectivity index (χ1v) is 6.06. The number of aromatic nitrogens is 1. The van der Waals surface area contributed by atoms with Crippen LogP contribution in [-0.4, -0.2) is 16.2 Å². The van der Waals surface area contributed by atoms with Gasteiger partial charge in [-0.3, -0.25) is 10.2 Å². The maximum Gasteiger partial charge on any atom is 0.287 e. The molecule has 1 heterocycles. The minimum Gasteiger partial charge on any atom is -0.507 e. The highest BCUT2D eigenvalue weighted by Gasteiger charge is 2.11. The first-order chi connectivity index (χ1) is 8.70. The van der Waals surface area contributed by atoms with Crippen molar-refractivity contribution in [1.82, 2.24) is 10.6 Å². The van der Waals surface area contributed by atoms with Gasteiger partial charge < -0.3 is 9.63 Å². The van der Waals surface area contributed by atoms with Gasteiger partial charge >= 0.3 is 0 Å². The lowest BCUT2D eigenvalue weighted by molar-refractivity contribution is 0.0944. The summed E-state index contributed by atoms with van der Waals surface area (Å²) in [5, 5.41) is 13.2. The molecule has 94 valence electrons. The van der Waals surface area contributed by atoms with E-state index >= 15 is 0 Å². The van der Waals surface area contributed by atoms with Gasteiger partial charge in [0.2, 0.25) is 0 Å². The number of nitrogens with zero attached hydrogens (tertiary/aromatic N) is 1. The second-order valence-electron chi connectivity index (χ2n) is 3.41. The highest BCUT2D eigenvalue weighted by molar-refractivity contribution is 7.98. The largest absolute Gasteiger partial charge is 0.507 e. The van der Waals surface area contributed by atoms with Crippen LogP contribution in [0, 0.1) is 0 Å². The zero-order chi connectivity index (χ0) is 13.0. The van der Waals surface area contributed by atoms with Gasteiger partial charge in [-0.05, 0) is 12.1 Å². The van der Waals surface area contributed by atoms with Gasteiger partial charge in [-0.1, -0.05) is 17.3 Å². The lowest BCUT2D eigenvalue weighted by Gasteiger charge is -2.00. The van der Waals surface area contributed by atoms with Crippen LogP contribution in [0.4, 0.5) is 0 Å². The monoisotopic (exact) mass is 265 g/mol. The standard InChI is InChI=1S/C11H11N3O3S/c12-13-11(16)8-5-7(17-14-8)6-18-10-4-2-1-3-9(10)15/h1-5,15H,6,12H2,(H,13,16). The fourth-order valence-electron chi connectivity index (χ4n) is 1.29. The van der Waals surface area contributed by atoms with Crippen molar-refractivity contribution in [1.29, 1.82) is 0 Å². The quantitative estimate of drug-likeness (QED) is 0.333. The predicted octanol–water partition coefficient (Wildman–Crippen LogP) is 1.28. The van der Waals surface area contributed by atoms with Crippen molar-refractivity contribution in [3.63, 3.8) is 0 Å². The Morgan fingerprint density at radius 2 is 2.28 bits per heavy atom. The first-order valence-electron chi connectivity index (χ1n) is 5.08. The van der Waals surface area contributed by atoms with Gasteiger partial charge in [0.15, 0.2) is 5.69 Å². The Morgan fingerprint density at radius 3 is 3.00 bits per heavy atom. The first kappa shape index (κ1) is 12.5. The number of nitrogens with one attached hydrogen (secondary N) is 1. The Bertz CT molecular complexity index is 556. The molecule has 0 spiro atoms. The Morgan fingerprint density at radius 1 is 1.50 bits per heavy atom. The van der Waals surface area contributed by atoms with Crippen LogP contribution < -0.4 is 11.3 Å². The van der Waals surface area contributed by atoms with Crippen LogP contribution in [0.2, 0.25) is 0 Å². The van der Waals surface area contributed by atoms with Crippen molar-refractivity contribution >= 4 is 17.7 Å². The van der Waals surface area contributed by atoms with E-state index in [0.29, 0.717) is 11.5 Å².